The van der Waals surface area contributed by atoms with E-state index in [1.165, 1.54) is 44.1 Å². The largest absolute Gasteiger partial charge is 0.393 e. The molecule has 4 rings (SSSR count). The highest BCUT2D eigenvalue weighted by Gasteiger charge is 2.43. The maximum absolute atomic E-state index is 9.98. The number of hydrogen-bond donors (Lipinski definition) is 1. The minimum Gasteiger partial charge on any atom is -0.393 e. The molecule has 0 aromatic heterocycles. The van der Waals surface area contributed by atoms with Gasteiger partial charge in [0.1, 0.15) is 0 Å². The second-order valence-electron chi connectivity index (χ2n) is 10.2. The maximum Gasteiger partial charge on any atom is 0.0543 e. The Labute approximate surface area is 177 Å². The molecular formula is C26H40OS. The summed E-state index contributed by atoms with van der Waals surface area (Å²) in [5, 5.41) is 11.7. The van der Waals surface area contributed by atoms with Gasteiger partial charge in [-0.25, -0.2) is 0 Å². The molecule has 156 valence electrons. The highest BCUT2D eigenvalue weighted by molar-refractivity contribution is 8.00. The van der Waals surface area contributed by atoms with Crippen molar-refractivity contribution in [2.45, 2.75) is 95.2 Å². The van der Waals surface area contributed by atoms with Gasteiger partial charge in [0.05, 0.1) is 6.10 Å². The number of hydrogen-bond acceptors (Lipinski definition) is 2. The van der Waals surface area contributed by atoms with E-state index in [4.69, 9.17) is 0 Å². The lowest BCUT2D eigenvalue weighted by Gasteiger charge is -2.40. The second-order valence-corrected chi connectivity index (χ2v) is 11.8. The average Bonchev–Trinajstić information content (AvgIpc) is 3.07. The fourth-order valence-corrected chi connectivity index (χ4v) is 8.13. The molecule has 2 unspecified atom stereocenters. The Balaban J connectivity index is 1.50. The molecule has 8 atom stereocenters. The fraction of sp³-hybridized carbons (Fsp3) is 0.769. The third-order valence-corrected chi connectivity index (χ3v) is 9.54. The van der Waals surface area contributed by atoms with Crippen molar-refractivity contribution in [3.63, 3.8) is 0 Å². The SMILES string of the molecule is CC[C@H](O)C[C@@H]1C=CC(C2=C[C@H](C3CCC[C@@H](C)C3)C3S[C@H](C)C[C@@H]3C2)=CC1. The Morgan fingerprint density at radius 3 is 2.75 bits per heavy atom. The van der Waals surface area contributed by atoms with E-state index in [2.05, 4.69) is 56.8 Å². The van der Waals surface area contributed by atoms with Crippen LogP contribution in [0.1, 0.15) is 78.6 Å². The number of aliphatic hydroxyl groups excluding tert-OH is 1. The summed E-state index contributed by atoms with van der Waals surface area (Å²) in [5.74, 6) is 4.02. The van der Waals surface area contributed by atoms with Gasteiger partial charge in [0.2, 0.25) is 0 Å². The van der Waals surface area contributed by atoms with E-state index in [1.54, 1.807) is 5.57 Å². The third kappa shape index (κ3) is 4.64. The van der Waals surface area contributed by atoms with Crippen molar-refractivity contribution in [2.75, 3.05) is 0 Å². The summed E-state index contributed by atoms with van der Waals surface area (Å²) in [4.78, 5) is 0. The zero-order valence-corrected chi connectivity index (χ0v) is 19.0. The van der Waals surface area contributed by atoms with Crippen molar-refractivity contribution in [1.82, 2.24) is 0 Å². The van der Waals surface area contributed by atoms with E-state index in [0.29, 0.717) is 5.92 Å². The summed E-state index contributed by atoms with van der Waals surface area (Å²) in [5.41, 5.74) is 3.14. The molecule has 4 aliphatic rings. The monoisotopic (exact) mass is 400 g/mol. The van der Waals surface area contributed by atoms with Gasteiger partial charge in [-0.3, -0.25) is 0 Å². The molecule has 0 aromatic carbocycles. The van der Waals surface area contributed by atoms with Gasteiger partial charge in [-0.1, -0.05) is 57.9 Å². The molecule has 0 amide bonds. The van der Waals surface area contributed by atoms with Crippen LogP contribution in [0.3, 0.4) is 0 Å². The van der Waals surface area contributed by atoms with Crippen LogP contribution in [-0.2, 0) is 0 Å². The van der Waals surface area contributed by atoms with Crippen LogP contribution in [0.25, 0.3) is 0 Å². The van der Waals surface area contributed by atoms with E-state index in [0.717, 1.165) is 53.4 Å². The first kappa shape index (κ1) is 20.8. The lowest BCUT2D eigenvalue weighted by atomic mass is 9.68. The van der Waals surface area contributed by atoms with Crippen LogP contribution in [-0.4, -0.2) is 21.7 Å². The van der Waals surface area contributed by atoms with Crippen LogP contribution in [0.5, 0.6) is 0 Å². The summed E-state index contributed by atoms with van der Waals surface area (Å²) in [7, 11) is 0. The molecule has 1 aliphatic heterocycles. The van der Waals surface area contributed by atoms with Gasteiger partial charge in [0.15, 0.2) is 0 Å². The lowest BCUT2D eigenvalue weighted by Crippen LogP contribution is -2.34. The molecule has 28 heavy (non-hydrogen) atoms. The number of thioether (sulfide) groups is 1. The van der Waals surface area contributed by atoms with Crippen molar-refractivity contribution < 1.29 is 5.11 Å². The molecule has 0 bridgehead atoms. The molecular weight excluding hydrogens is 360 g/mol. The Kier molecular flexibility index (Phi) is 6.78. The smallest absolute Gasteiger partial charge is 0.0543 e. The van der Waals surface area contributed by atoms with E-state index in [1.807, 2.05) is 0 Å². The Hall–Kier alpha value is -0.470. The van der Waals surface area contributed by atoms with Gasteiger partial charge in [-0.15, -0.1) is 0 Å². The molecule has 2 heteroatoms. The predicted molar refractivity (Wildman–Crippen MR) is 123 cm³/mol. The third-order valence-electron chi connectivity index (χ3n) is 7.87. The van der Waals surface area contributed by atoms with Crippen LogP contribution in [0.4, 0.5) is 0 Å². The van der Waals surface area contributed by atoms with E-state index in [9.17, 15) is 5.11 Å². The second kappa shape index (κ2) is 9.13. The van der Waals surface area contributed by atoms with Crippen molar-refractivity contribution >= 4 is 11.8 Å². The molecule has 1 nitrogen and oxygen atoms in total. The molecule has 0 spiro atoms. The Morgan fingerprint density at radius 2 is 2.04 bits per heavy atom. The van der Waals surface area contributed by atoms with E-state index >= 15 is 0 Å². The van der Waals surface area contributed by atoms with Gasteiger partial charge < -0.3 is 5.11 Å². The zero-order valence-electron chi connectivity index (χ0n) is 18.1. The standard InChI is InChI=1S/C26H40OS/c1-4-24(27)14-19-8-10-20(11-9-19)22-15-23-13-18(3)28-26(23)25(16-22)21-7-5-6-17(2)12-21/h8,10-11,16-19,21,23-27H,4-7,9,12-15H2,1-3H3/t17-,18-,19-,21?,23-,24+,25-,26?/m1/s1. The predicted octanol–water partition coefficient (Wildman–Crippen LogP) is 6.93. The van der Waals surface area contributed by atoms with Gasteiger partial charge >= 0.3 is 0 Å². The first-order valence-corrected chi connectivity index (χ1v) is 12.9. The summed E-state index contributed by atoms with van der Waals surface area (Å²) < 4.78 is 0. The minimum atomic E-state index is -0.145. The van der Waals surface area contributed by atoms with Crippen LogP contribution in [0, 0.1) is 29.6 Å². The minimum absolute atomic E-state index is 0.145. The summed E-state index contributed by atoms with van der Waals surface area (Å²) >= 11 is 2.30. The highest BCUT2D eigenvalue weighted by Crippen LogP contribution is 2.53. The van der Waals surface area contributed by atoms with Crippen LogP contribution in [0.2, 0.25) is 0 Å². The Morgan fingerprint density at radius 1 is 1.18 bits per heavy atom. The normalized spacial score (nSPS) is 41.9. The number of allylic oxidation sites excluding steroid dienone is 6. The van der Waals surface area contributed by atoms with Crippen molar-refractivity contribution in [2.24, 2.45) is 29.6 Å². The van der Waals surface area contributed by atoms with E-state index < -0.39 is 0 Å². The van der Waals surface area contributed by atoms with Crippen LogP contribution >= 0.6 is 11.8 Å². The van der Waals surface area contributed by atoms with Crippen molar-refractivity contribution in [1.29, 1.82) is 0 Å². The first-order chi connectivity index (χ1) is 13.5. The molecule has 3 aliphatic carbocycles. The van der Waals surface area contributed by atoms with Gasteiger partial charge in [0.25, 0.3) is 0 Å². The van der Waals surface area contributed by atoms with Crippen LogP contribution in [0.15, 0.2) is 35.5 Å². The molecule has 2 fully saturated rings. The van der Waals surface area contributed by atoms with Crippen LogP contribution < -0.4 is 0 Å². The molecule has 1 saturated carbocycles. The van der Waals surface area contributed by atoms with E-state index in [-0.39, 0.29) is 6.10 Å². The number of rotatable bonds is 5. The number of aliphatic hydroxyl groups is 1. The highest BCUT2D eigenvalue weighted by atomic mass is 32.2. The molecule has 0 aromatic rings. The molecule has 1 N–H and O–H groups in total. The fourth-order valence-electron chi connectivity index (χ4n) is 6.32. The summed E-state index contributed by atoms with van der Waals surface area (Å²) in [6.45, 7) is 7.00. The van der Waals surface area contributed by atoms with Gasteiger partial charge in [0, 0.05) is 10.5 Å². The topological polar surface area (TPSA) is 20.2 Å². The summed E-state index contributed by atoms with van der Waals surface area (Å²) in [6.07, 6.45) is 21.2. The molecule has 1 saturated heterocycles. The van der Waals surface area contributed by atoms with Crippen molar-refractivity contribution in [3.05, 3.63) is 35.5 Å². The lowest BCUT2D eigenvalue weighted by molar-refractivity contribution is 0.146. The zero-order chi connectivity index (χ0) is 19.7. The summed E-state index contributed by atoms with van der Waals surface area (Å²) in [6, 6.07) is 0. The molecule has 0 radical (unpaired) electrons. The number of fused-ring (bicyclic) bond motifs is 1. The van der Waals surface area contributed by atoms with Crippen molar-refractivity contribution in [3.8, 4) is 0 Å². The Bertz CT molecular complexity index is 632. The van der Waals surface area contributed by atoms with Gasteiger partial charge in [-0.2, -0.15) is 11.8 Å². The average molecular weight is 401 g/mol. The first-order valence-electron chi connectivity index (χ1n) is 12.0. The molecule has 1 heterocycles. The van der Waals surface area contributed by atoms with Gasteiger partial charge in [-0.05, 0) is 85.7 Å². The quantitative estimate of drug-likeness (QED) is 0.540. The maximum atomic E-state index is 9.98.